The van der Waals surface area contributed by atoms with Crippen LogP contribution in [0.4, 0.5) is 0 Å². The molecular formula is C26H29ClN4O3S. The van der Waals surface area contributed by atoms with Crippen molar-refractivity contribution < 1.29 is 14.4 Å². The topological polar surface area (TPSA) is 74.9 Å². The van der Waals surface area contributed by atoms with Gasteiger partial charge in [0, 0.05) is 56.5 Å². The molecule has 1 aliphatic heterocycles. The summed E-state index contributed by atoms with van der Waals surface area (Å²) < 4.78 is 12.5. The smallest absolute Gasteiger partial charge is 0.168 e. The Labute approximate surface area is 213 Å². The largest absolute Gasteiger partial charge is 0.491 e. The van der Waals surface area contributed by atoms with E-state index < -0.39 is 6.10 Å². The van der Waals surface area contributed by atoms with E-state index in [0.29, 0.717) is 23.4 Å². The molecule has 0 amide bonds. The first-order valence-electron chi connectivity index (χ1n) is 11.8. The molecule has 2 aromatic carbocycles. The van der Waals surface area contributed by atoms with Gasteiger partial charge in [-0.05, 0) is 38.1 Å². The van der Waals surface area contributed by atoms with Gasteiger partial charge >= 0.3 is 0 Å². The lowest BCUT2D eigenvalue weighted by Crippen LogP contribution is -2.53. The SMILES string of the molecule is Cc1nc2cc(OCC(O)CN3CCN(Cc4cc(-c5ccccc5Cl)on4)CC3C)ccc2s1. The number of rotatable bonds is 8. The zero-order valence-electron chi connectivity index (χ0n) is 19.9. The molecule has 2 aromatic heterocycles. The number of halogens is 1. The summed E-state index contributed by atoms with van der Waals surface area (Å²) in [6.07, 6.45) is -0.564. The van der Waals surface area contributed by atoms with Crippen LogP contribution in [-0.2, 0) is 6.54 Å². The van der Waals surface area contributed by atoms with Crippen LogP contribution in [0.25, 0.3) is 21.5 Å². The van der Waals surface area contributed by atoms with Gasteiger partial charge in [0.15, 0.2) is 5.76 Å². The van der Waals surface area contributed by atoms with Crippen LogP contribution < -0.4 is 4.74 Å². The van der Waals surface area contributed by atoms with E-state index in [1.807, 2.05) is 55.5 Å². The first-order valence-corrected chi connectivity index (χ1v) is 13.0. The molecule has 184 valence electrons. The molecule has 0 aliphatic carbocycles. The van der Waals surface area contributed by atoms with Crippen molar-refractivity contribution in [1.82, 2.24) is 19.9 Å². The number of hydrogen-bond acceptors (Lipinski definition) is 8. The van der Waals surface area contributed by atoms with Gasteiger partial charge in [0.2, 0.25) is 0 Å². The average Bonchev–Trinajstić information content (AvgIpc) is 3.45. The zero-order chi connectivity index (χ0) is 24.4. The molecule has 35 heavy (non-hydrogen) atoms. The number of nitrogens with zero attached hydrogens (tertiary/aromatic N) is 4. The second kappa shape index (κ2) is 10.6. The van der Waals surface area contributed by atoms with Gasteiger partial charge in [-0.25, -0.2) is 4.98 Å². The lowest BCUT2D eigenvalue weighted by molar-refractivity contribution is 0.0192. The molecule has 7 nitrogen and oxygen atoms in total. The Morgan fingerprint density at radius 3 is 2.91 bits per heavy atom. The standard InChI is InChI=1S/C26H29ClN4O3S/c1-17-13-30(14-19-11-25(34-29-19)22-5-3-4-6-23(22)27)9-10-31(17)15-20(32)16-33-21-7-8-26-24(12-21)28-18(2)35-26/h3-8,11-12,17,20,32H,9-10,13-16H2,1-2H3. The van der Waals surface area contributed by atoms with Gasteiger partial charge in [0.25, 0.3) is 0 Å². The number of aryl methyl sites for hydroxylation is 1. The Morgan fingerprint density at radius 2 is 2.09 bits per heavy atom. The van der Waals surface area contributed by atoms with Gasteiger partial charge in [-0.1, -0.05) is 28.9 Å². The van der Waals surface area contributed by atoms with Crippen molar-refractivity contribution in [2.24, 2.45) is 0 Å². The molecule has 0 bridgehead atoms. The van der Waals surface area contributed by atoms with E-state index in [9.17, 15) is 5.11 Å². The number of ether oxygens (including phenoxy) is 1. The van der Waals surface area contributed by atoms with E-state index in [-0.39, 0.29) is 6.61 Å². The highest BCUT2D eigenvalue weighted by Crippen LogP contribution is 2.29. The number of hydrogen-bond donors (Lipinski definition) is 1. The molecule has 9 heteroatoms. The third kappa shape index (κ3) is 5.85. The summed E-state index contributed by atoms with van der Waals surface area (Å²) in [5, 5.41) is 16.5. The summed E-state index contributed by atoms with van der Waals surface area (Å²) in [6, 6.07) is 15.8. The third-order valence-electron chi connectivity index (χ3n) is 6.29. The molecule has 2 atom stereocenters. The Hall–Kier alpha value is -2.49. The maximum Gasteiger partial charge on any atom is 0.168 e. The molecule has 1 N–H and O–H groups in total. The molecule has 1 fully saturated rings. The van der Waals surface area contributed by atoms with Gasteiger partial charge in [-0.3, -0.25) is 9.80 Å². The van der Waals surface area contributed by atoms with Gasteiger partial charge in [0.05, 0.1) is 25.9 Å². The van der Waals surface area contributed by atoms with E-state index in [2.05, 4.69) is 26.9 Å². The quantitative estimate of drug-likeness (QED) is 0.361. The summed E-state index contributed by atoms with van der Waals surface area (Å²) in [5.41, 5.74) is 2.68. The predicted octanol–water partition coefficient (Wildman–Crippen LogP) is 4.86. The Kier molecular flexibility index (Phi) is 7.36. The van der Waals surface area contributed by atoms with Crippen LogP contribution in [-0.4, -0.2) is 70.0 Å². The second-order valence-corrected chi connectivity index (χ2v) is 10.7. The minimum atomic E-state index is -0.564. The van der Waals surface area contributed by atoms with Crippen molar-refractivity contribution >= 4 is 33.2 Å². The molecule has 3 heterocycles. The fourth-order valence-electron chi connectivity index (χ4n) is 4.52. The monoisotopic (exact) mass is 512 g/mol. The number of benzene rings is 2. The highest BCUT2D eigenvalue weighted by Gasteiger charge is 2.26. The fourth-order valence-corrected chi connectivity index (χ4v) is 5.55. The summed E-state index contributed by atoms with van der Waals surface area (Å²) in [6.45, 7) is 8.40. The lowest BCUT2D eigenvalue weighted by atomic mass is 10.1. The highest BCUT2D eigenvalue weighted by molar-refractivity contribution is 7.18. The van der Waals surface area contributed by atoms with Gasteiger partial charge in [0.1, 0.15) is 18.5 Å². The molecule has 0 spiro atoms. The molecule has 4 aromatic rings. The Bertz CT molecular complexity index is 1290. The Morgan fingerprint density at radius 1 is 1.23 bits per heavy atom. The van der Waals surface area contributed by atoms with Crippen molar-refractivity contribution in [1.29, 1.82) is 0 Å². The summed E-state index contributed by atoms with van der Waals surface area (Å²) in [5.74, 6) is 1.42. The van der Waals surface area contributed by atoms with Crippen LogP contribution in [0.3, 0.4) is 0 Å². The van der Waals surface area contributed by atoms with E-state index in [0.717, 1.165) is 58.4 Å². The maximum atomic E-state index is 10.6. The van der Waals surface area contributed by atoms with Crippen LogP contribution >= 0.6 is 22.9 Å². The van der Waals surface area contributed by atoms with E-state index in [1.165, 1.54) is 0 Å². The van der Waals surface area contributed by atoms with Crippen molar-refractivity contribution in [2.45, 2.75) is 32.5 Å². The zero-order valence-corrected chi connectivity index (χ0v) is 21.4. The normalized spacial score (nSPS) is 18.2. The lowest BCUT2D eigenvalue weighted by Gasteiger charge is -2.40. The van der Waals surface area contributed by atoms with Crippen LogP contribution in [0.1, 0.15) is 17.6 Å². The van der Waals surface area contributed by atoms with E-state index in [4.69, 9.17) is 20.9 Å². The van der Waals surface area contributed by atoms with E-state index >= 15 is 0 Å². The van der Waals surface area contributed by atoms with Crippen LogP contribution in [0, 0.1) is 6.92 Å². The van der Waals surface area contributed by atoms with Crippen molar-refractivity contribution in [2.75, 3.05) is 32.8 Å². The minimum absolute atomic E-state index is 0.255. The Balaban J connectivity index is 1.10. The molecule has 0 radical (unpaired) electrons. The first-order chi connectivity index (χ1) is 16.9. The molecule has 1 saturated heterocycles. The second-order valence-electron chi connectivity index (χ2n) is 9.07. The molecule has 2 unspecified atom stereocenters. The van der Waals surface area contributed by atoms with Crippen LogP contribution in [0.15, 0.2) is 53.1 Å². The number of aliphatic hydroxyl groups excluding tert-OH is 1. The fraction of sp³-hybridized carbons (Fsp3) is 0.385. The number of aliphatic hydroxyl groups is 1. The summed E-state index contributed by atoms with van der Waals surface area (Å²) in [4.78, 5) is 9.19. The number of fused-ring (bicyclic) bond motifs is 1. The maximum absolute atomic E-state index is 10.6. The number of aromatic nitrogens is 2. The number of thiazole rings is 1. The molecule has 1 aliphatic rings. The van der Waals surface area contributed by atoms with Crippen LogP contribution in [0.5, 0.6) is 5.75 Å². The molecular weight excluding hydrogens is 484 g/mol. The first kappa shape index (κ1) is 24.2. The summed E-state index contributed by atoms with van der Waals surface area (Å²) >= 11 is 7.95. The van der Waals surface area contributed by atoms with Crippen molar-refractivity contribution in [3.63, 3.8) is 0 Å². The molecule has 0 saturated carbocycles. The van der Waals surface area contributed by atoms with Crippen molar-refractivity contribution in [3.05, 3.63) is 64.3 Å². The number of β-amino-alcohol motifs (C(OH)–C–C–N with tert-alkyl or cyclic N) is 1. The highest BCUT2D eigenvalue weighted by atomic mass is 35.5. The van der Waals surface area contributed by atoms with E-state index in [1.54, 1.807) is 11.3 Å². The minimum Gasteiger partial charge on any atom is -0.491 e. The van der Waals surface area contributed by atoms with Gasteiger partial charge in [-0.15, -0.1) is 11.3 Å². The average molecular weight is 513 g/mol. The molecule has 5 rings (SSSR count). The summed E-state index contributed by atoms with van der Waals surface area (Å²) in [7, 11) is 0. The van der Waals surface area contributed by atoms with Gasteiger partial charge < -0.3 is 14.4 Å². The van der Waals surface area contributed by atoms with Gasteiger partial charge in [-0.2, -0.15) is 0 Å². The third-order valence-corrected chi connectivity index (χ3v) is 7.57. The van der Waals surface area contributed by atoms with Crippen LogP contribution in [0.2, 0.25) is 5.02 Å². The van der Waals surface area contributed by atoms with Crippen molar-refractivity contribution in [3.8, 4) is 17.1 Å². The predicted molar refractivity (Wildman–Crippen MR) is 139 cm³/mol. The number of piperazine rings is 1.